The van der Waals surface area contributed by atoms with E-state index < -0.39 is 11.9 Å². The van der Waals surface area contributed by atoms with Crippen LogP contribution in [0.15, 0.2) is 36.4 Å². The quantitative estimate of drug-likeness (QED) is 0.616. The van der Waals surface area contributed by atoms with Gasteiger partial charge in [0.1, 0.15) is 6.29 Å². The first-order valence-electron chi connectivity index (χ1n) is 4.93. The summed E-state index contributed by atoms with van der Waals surface area (Å²) >= 11 is 0. The molecule has 0 aromatic heterocycles. The number of amides is 3. The molecule has 1 aromatic rings. The summed E-state index contributed by atoms with van der Waals surface area (Å²) in [7, 11) is 0. The smallest absolute Gasteiger partial charge is 0.322 e. The summed E-state index contributed by atoms with van der Waals surface area (Å²) in [6, 6.07) is 8.15. The fraction of sp³-hybridized carbons (Fsp3) is 0.0833. The predicted molar refractivity (Wildman–Crippen MR) is 62.8 cm³/mol. The molecule has 2 N–H and O–H groups in total. The highest BCUT2D eigenvalue weighted by molar-refractivity contribution is 6.03. The largest absolute Gasteiger partial charge is 0.351 e. The maximum atomic E-state index is 11.5. The SMILES string of the molecule is NC(=O)N(CC=O)C(=O)/C=C/c1ccccc1. The molecule has 0 saturated carbocycles. The Bertz CT molecular complexity index is 440. The number of hydrogen-bond acceptors (Lipinski definition) is 3. The van der Waals surface area contributed by atoms with Gasteiger partial charge in [0.15, 0.2) is 0 Å². The van der Waals surface area contributed by atoms with Crippen LogP contribution in [0.25, 0.3) is 6.08 Å². The highest BCUT2D eigenvalue weighted by Gasteiger charge is 2.14. The van der Waals surface area contributed by atoms with Crippen molar-refractivity contribution in [2.24, 2.45) is 5.73 Å². The lowest BCUT2D eigenvalue weighted by molar-refractivity contribution is -0.125. The molecule has 0 aliphatic carbocycles. The van der Waals surface area contributed by atoms with Gasteiger partial charge in [0.2, 0.25) is 0 Å². The van der Waals surface area contributed by atoms with Crippen molar-refractivity contribution in [3.63, 3.8) is 0 Å². The zero-order chi connectivity index (χ0) is 12.7. The zero-order valence-electron chi connectivity index (χ0n) is 9.08. The number of nitrogens with zero attached hydrogens (tertiary/aromatic N) is 1. The first-order valence-corrected chi connectivity index (χ1v) is 4.93. The molecule has 0 bridgehead atoms. The minimum absolute atomic E-state index is 0.340. The van der Waals surface area contributed by atoms with E-state index in [1.54, 1.807) is 18.2 Å². The Kier molecular flexibility index (Phi) is 4.62. The Morgan fingerprint density at radius 3 is 2.41 bits per heavy atom. The monoisotopic (exact) mass is 232 g/mol. The molecule has 0 spiro atoms. The molecule has 1 aromatic carbocycles. The minimum atomic E-state index is -0.945. The maximum Gasteiger partial charge on any atom is 0.322 e. The summed E-state index contributed by atoms with van der Waals surface area (Å²) in [5.41, 5.74) is 5.78. The van der Waals surface area contributed by atoms with Crippen molar-refractivity contribution >= 4 is 24.3 Å². The average Bonchev–Trinajstić information content (AvgIpc) is 2.34. The third-order valence-electron chi connectivity index (χ3n) is 2.01. The van der Waals surface area contributed by atoms with Gasteiger partial charge in [-0.15, -0.1) is 0 Å². The molecule has 1 rings (SSSR count). The summed E-state index contributed by atoms with van der Waals surface area (Å²) in [6.07, 6.45) is 3.19. The molecular formula is C12H12N2O3. The van der Waals surface area contributed by atoms with Crippen LogP contribution >= 0.6 is 0 Å². The van der Waals surface area contributed by atoms with Crippen LogP contribution in [0.5, 0.6) is 0 Å². The lowest BCUT2D eigenvalue weighted by Crippen LogP contribution is -2.40. The number of benzene rings is 1. The Balaban J connectivity index is 2.73. The molecule has 3 amide bonds. The molecule has 88 valence electrons. The van der Waals surface area contributed by atoms with E-state index in [1.165, 1.54) is 6.08 Å². The van der Waals surface area contributed by atoms with E-state index in [0.717, 1.165) is 5.56 Å². The number of aldehydes is 1. The number of carbonyl (C=O) groups excluding carboxylic acids is 3. The van der Waals surface area contributed by atoms with E-state index >= 15 is 0 Å². The minimum Gasteiger partial charge on any atom is -0.351 e. The molecule has 5 nitrogen and oxygen atoms in total. The Morgan fingerprint density at radius 2 is 1.88 bits per heavy atom. The fourth-order valence-corrected chi connectivity index (χ4v) is 1.18. The van der Waals surface area contributed by atoms with Crippen molar-refractivity contribution in [2.75, 3.05) is 6.54 Å². The summed E-state index contributed by atoms with van der Waals surface area (Å²) in [5, 5.41) is 0. The van der Waals surface area contributed by atoms with E-state index in [1.807, 2.05) is 18.2 Å². The molecule has 5 heteroatoms. The molecule has 0 fully saturated rings. The third kappa shape index (κ3) is 3.90. The van der Waals surface area contributed by atoms with Gasteiger partial charge in [-0.25, -0.2) is 4.79 Å². The maximum absolute atomic E-state index is 11.5. The van der Waals surface area contributed by atoms with E-state index in [0.29, 0.717) is 11.2 Å². The summed E-state index contributed by atoms with van der Waals surface area (Å²) < 4.78 is 0. The standard InChI is InChI=1S/C12H12N2O3/c13-12(17)14(8-9-15)11(16)7-6-10-4-2-1-3-5-10/h1-7,9H,8H2,(H2,13,17)/b7-6+. The van der Waals surface area contributed by atoms with E-state index in [2.05, 4.69) is 0 Å². The Hall–Kier alpha value is -2.43. The molecule has 0 unspecified atom stereocenters. The van der Waals surface area contributed by atoms with Crippen LogP contribution in [-0.4, -0.2) is 29.7 Å². The third-order valence-corrected chi connectivity index (χ3v) is 2.01. The molecular weight excluding hydrogens is 220 g/mol. The van der Waals surface area contributed by atoms with Crippen LogP contribution < -0.4 is 5.73 Å². The molecule has 17 heavy (non-hydrogen) atoms. The first-order chi connectivity index (χ1) is 8.15. The van der Waals surface area contributed by atoms with E-state index in [4.69, 9.17) is 5.73 Å². The van der Waals surface area contributed by atoms with Crippen LogP contribution in [0, 0.1) is 0 Å². The van der Waals surface area contributed by atoms with Gasteiger partial charge < -0.3 is 10.5 Å². The second-order valence-corrected chi connectivity index (χ2v) is 3.20. The lowest BCUT2D eigenvalue weighted by Gasteiger charge is -2.12. The van der Waals surface area contributed by atoms with Crippen LogP contribution in [0.4, 0.5) is 4.79 Å². The first kappa shape index (κ1) is 12.6. The van der Waals surface area contributed by atoms with Crippen molar-refractivity contribution in [3.8, 4) is 0 Å². The number of urea groups is 1. The summed E-state index contributed by atoms with van der Waals surface area (Å²) in [6.45, 7) is -0.340. The molecule has 0 atom stereocenters. The molecule has 0 heterocycles. The number of carbonyl (C=O) groups is 3. The summed E-state index contributed by atoms with van der Waals surface area (Å²) in [4.78, 5) is 33.3. The normalized spacial score (nSPS) is 10.1. The van der Waals surface area contributed by atoms with Gasteiger partial charge in [0, 0.05) is 6.08 Å². The number of imide groups is 1. The van der Waals surface area contributed by atoms with Crippen LogP contribution in [0.2, 0.25) is 0 Å². The lowest BCUT2D eigenvalue weighted by atomic mass is 10.2. The highest BCUT2D eigenvalue weighted by atomic mass is 16.2. The second kappa shape index (κ2) is 6.22. The van der Waals surface area contributed by atoms with Crippen LogP contribution in [0.1, 0.15) is 5.56 Å². The number of rotatable bonds is 4. The van der Waals surface area contributed by atoms with Gasteiger partial charge in [-0.3, -0.25) is 9.69 Å². The van der Waals surface area contributed by atoms with E-state index in [9.17, 15) is 14.4 Å². The van der Waals surface area contributed by atoms with Gasteiger partial charge in [-0.05, 0) is 11.6 Å². The molecule has 0 radical (unpaired) electrons. The topological polar surface area (TPSA) is 80.5 Å². The van der Waals surface area contributed by atoms with Crippen molar-refractivity contribution in [1.29, 1.82) is 0 Å². The molecule has 0 aliphatic heterocycles. The van der Waals surface area contributed by atoms with Gasteiger partial charge >= 0.3 is 6.03 Å². The van der Waals surface area contributed by atoms with Crippen LogP contribution in [0.3, 0.4) is 0 Å². The zero-order valence-corrected chi connectivity index (χ0v) is 9.08. The summed E-state index contributed by atoms with van der Waals surface area (Å²) in [5.74, 6) is -0.617. The molecule has 0 saturated heterocycles. The average molecular weight is 232 g/mol. The van der Waals surface area contributed by atoms with Gasteiger partial charge in [-0.1, -0.05) is 30.3 Å². The van der Waals surface area contributed by atoms with Gasteiger partial charge in [-0.2, -0.15) is 0 Å². The van der Waals surface area contributed by atoms with Crippen molar-refractivity contribution < 1.29 is 14.4 Å². The number of primary amides is 1. The van der Waals surface area contributed by atoms with Crippen molar-refractivity contribution in [2.45, 2.75) is 0 Å². The van der Waals surface area contributed by atoms with Gasteiger partial charge in [0.05, 0.1) is 6.54 Å². The fourth-order valence-electron chi connectivity index (χ4n) is 1.18. The number of hydrogen-bond donors (Lipinski definition) is 1. The second-order valence-electron chi connectivity index (χ2n) is 3.20. The van der Waals surface area contributed by atoms with Crippen LogP contribution in [-0.2, 0) is 9.59 Å². The Morgan fingerprint density at radius 1 is 1.24 bits per heavy atom. The van der Waals surface area contributed by atoms with Crippen molar-refractivity contribution in [1.82, 2.24) is 4.90 Å². The predicted octanol–water partition coefficient (Wildman–Crippen LogP) is 0.806. The highest BCUT2D eigenvalue weighted by Crippen LogP contribution is 2.01. The Labute approximate surface area is 98.5 Å². The molecule has 0 aliphatic rings. The van der Waals surface area contributed by atoms with Crippen molar-refractivity contribution in [3.05, 3.63) is 42.0 Å². The van der Waals surface area contributed by atoms with E-state index in [-0.39, 0.29) is 6.54 Å². The van der Waals surface area contributed by atoms with Gasteiger partial charge in [0.25, 0.3) is 5.91 Å². The number of nitrogens with two attached hydrogens (primary N) is 1.